The fraction of sp³-hybridized carbons (Fsp3) is 0.333. The summed E-state index contributed by atoms with van der Waals surface area (Å²) in [4.78, 5) is 51.2. The van der Waals surface area contributed by atoms with E-state index in [2.05, 4.69) is 22.5 Å². The topological polar surface area (TPSA) is 167 Å². The summed E-state index contributed by atoms with van der Waals surface area (Å²) in [7, 11) is 0. The zero-order valence-corrected chi connectivity index (χ0v) is 28.2. The van der Waals surface area contributed by atoms with E-state index in [0.717, 1.165) is 0 Å². The van der Waals surface area contributed by atoms with Gasteiger partial charge in [0.1, 0.15) is 23.9 Å². The number of carbonyl (C=O) groups is 4. The Hall–Kier alpha value is -5.36. The molecule has 1 unspecified atom stereocenters. The number of hydrogen-bond donors (Lipinski definition) is 4. The van der Waals surface area contributed by atoms with Crippen molar-refractivity contribution in [3.8, 4) is 17.2 Å². The third kappa shape index (κ3) is 10.6. The fourth-order valence-electron chi connectivity index (χ4n) is 4.19. The van der Waals surface area contributed by atoms with Crippen LogP contribution in [0.5, 0.6) is 17.2 Å². The summed E-state index contributed by atoms with van der Waals surface area (Å²) >= 11 is 0. The highest BCUT2D eigenvalue weighted by atomic mass is 16.5. The monoisotopic (exact) mass is 660 g/mol. The third-order valence-corrected chi connectivity index (χ3v) is 6.62. The molecule has 0 bridgehead atoms. The second-order valence-electron chi connectivity index (χ2n) is 11.4. The van der Waals surface area contributed by atoms with Gasteiger partial charge in [-0.05, 0) is 95.6 Å². The van der Waals surface area contributed by atoms with Crippen LogP contribution in [-0.4, -0.2) is 55.2 Å². The molecule has 5 N–H and O–H groups in total. The Morgan fingerprint density at radius 2 is 1.15 bits per heavy atom. The van der Waals surface area contributed by atoms with Crippen LogP contribution in [0.2, 0.25) is 0 Å². The molecule has 3 aromatic carbocycles. The maximum absolute atomic E-state index is 13.5. The van der Waals surface area contributed by atoms with E-state index < -0.39 is 23.7 Å². The van der Waals surface area contributed by atoms with Crippen molar-refractivity contribution in [1.82, 2.24) is 0 Å². The lowest BCUT2D eigenvalue weighted by atomic mass is 10.1. The summed E-state index contributed by atoms with van der Waals surface area (Å²) in [6, 6.07) is 13.9. The third-order valence-electron chi connectivity index (χ3n) is 6.62. The second-order valence-corrected chi connectivity index (χ2v) is 11.4. The van der Waals surface area contributed by atoms with E-state index in [1.165, 1.54) is 24.3 Å². The van der Waals surface area contributed by atoms with Gasteiger partial charge in [0.2, 0.25) is 5.91 Å². The average Bonchev–Trinajstić information content (AvgIpc) is 3.05. The molecule has 12 nitrogen and oxygen atoms in total. The number of benzene rings is 3. The molecule has 3 rings (SSSR count). The van der Waals surface area contributed by atoms with Crippen molar-refractivity contribution in [1.29, 1.82) is 0 Å². The smallest absolute Gasteiger partial charge is 0.338 e. The number of ether oxygens (including phenoxy) is 4. The van der Waals surface area contributed by atoms with E-state index in [9.17, 15) is 19.2 Å². The fourth-order valence-corrected chi connectivity index (χ4v) is 4.19. The molecule has 48 heavy (non-hydrogen) atoms. The van der Waals surface area contributed by atoms with Crippen molar-refractivity contribution in [2.75, 3.05) is 29.1 Å². The van der Waals surface area contributed by atoms with Gasteiger partial charge in [-0.25, -0.2) is 4.79 Å². The van der Waals surface area contributed by atoms with Gasteiger partial charge in [-0.15, -0.1) is 0 Å². The van der Waals surface area contributed by atoms with Crippen LogP contribution in [0.25, 0.3) is 0 Å². The molecule has 0 aliphatic rings. The molecule has 0 aliphatic carbocycles. The Morgan fingerprint density at radius 3 is 1.58 bits per heavy atom. The highest BCUT2D eigenvalue weighted by Gasteiger charge is 2.20. The van der Waals surface area contributed by atoms with Crippen molar-refractivity contribution in [2.45, 2.75) is 66.3 Å². The van der Waals surface area contributed by atoms with Crippen molar-refractivity contribution < 1.29 is 38.1 Å². The number of esters is 1. The summed E-state index contributed by atoms with van der Waals surface area (Å²) in [5.74, 6) is -0.998. The van der Waals surface area contributed by atoms with E-state index in [0.29, 0.717) is 35.0 Å². The summed E-state index contributed by atoms with van der Waals surface area (Å²) in [5.41, 5.74) is 7.29. The predicted molar refractivity (Wildman–Crippen MR) is 185 cm³/mol. The summed E-state index contributed by atoms with van der Waals surface area (Å²) in [6.45, 7) is 14.5. The van der Waals surface area contributed by atoms with Gasteiger partial charge in [0, 0.05) is 11.1 Å². The number of carbonyl (C=O) groups excluding carboxylic acids is 4. The Morgan fingerprint density at radius 1 is 0.708 bits per heavy atom. The molecule has 0 aromatic heterocycles. The lowest BCUT2D eigenvalue weighted by Gasteiger charge is -2.19. The molecule has 3 amide bonds. The number of amides is 3. The zero-order valence-electron chi connectivity index (χ0n) is 28.2. The highest BCUT2D eigenvalue weighted by molar-refractivity contribution is 6.08. The van der Waals surface area contributed by atoms with Gasteiger partial charge >= 0.3 is 5.97 Å². The van der Waals surface area contributed by atoms with Gasteiger partial charge in [-0.1, -0.05) is 19.6 Å². The molecule has 0 aliphatic heterocycles. The Labute approximate surface area is 281 Å². The molecule has 0 spiro atoms. The molecule has 0 saturated heterocycles. The normalized spacial score (nSPS) is 11.4. The van der Waals surface area contributed by atoms with Gasteiger partial charge in [0.25, 0.3) is 11.8 Å². The first kappa shape index (κ1) is 37.1. The Kier molecular flexibility index (Phi) is 13.5. The molecule has 0 heterocycles. The highest BCUT2D eigenvalue weighted by Crippen LogP contribution is 2.32. The number of nitrogens with one attached hydrogen (secondary N) is 3. The molecule has 1 atom stereocenters. The van der Waals surface area contributed by atoms with Crippen molar-refractivity contribution >= 4 is 40.8 Å². The second kappa shape index (κ2) is 17.5. The number of rotatable bonds is 16. The van der Waals surface area contributed by atoms with Crippen LogP contribution in [-0.2, 0) is 9.53 Å². The van der Waals surface area contributed by atoms with Crippen molar-refractivity contribution in [3.05, 3.63) is 83.9 Å². The summed E-state index contributed by atoms with van der Waals surface area (Å²) in [5, 5.41) is 8.37. The minimum Gasteiger partial charge on any atom is -0.489 e. The quantitative estimate of drug-likeness (QED) is 0.104. The molecular formula is C36H44N4O8. The van der Waals surface area contributed by atoms with E-state index in [-0.39, 0.29) is 53.9 Å². The zero-order chi connectivity index (χ0) is 35.4. The van der Waals surface area contributed by atoms with Gasteiger partial charge in [-0.3, -0.25) is 14.4 Å². The standard InChI is InChI=1S/C36H44N4O8/c1-8-16-45-36(44)26-12-15-28(31(19-26)47-22(5)6)39-35(43)25-11-14-29(32(18-25)48-23(7)9-2)40-34(42)24-10-13-27(38-33(41)20-37)30(17-24)46-21(3)4/h8,10-15,17-19,21-23H,1,9,16,20,37H2,2-7H3,(H,38,41)(H,39,43)(H,40,42). The minimum absolute atomic E-state index is 0.0595. The van der Waals surface area contributed by atoms with E-state index >= 15 is 0 Å². The molecule has 12 heteroatoms. The maximum atomic E-state index is 13.5. The number of hydrogen-bond acceptors (Lipinski definition) is 9. The van der Waals surface area contributed by atoms with Crippen molar-refractivity contribution in [3.63, 3.8) is 0 Å². The van der Waals surface area contributed by atoms with Crippen molar-refractivity contribution in [2.24, 2.45) is 5.73 Å². The predicted octanol–water partition coefficient (Wildman–Crippen LogP) is 6.18. The van der Waals surface area contributed by atoms with Crippen LogP contribution in [0.4, 0.5) is 17.1 Å². The molecular weight excluding hydrogens is 616 g/mol. The van der Waals surface area contributed by atoms with E-state index in [1.54, 1.807) is 36.4 Å². The van der Waals surface area contributed by atoms with Gasteiger partial charge in [0.15, 0.2) is 0 Å². The summed E-state index contributed by atoms with van der Waals surface area (Å²) < 4.78 is 23.0. The van der Waals surface area contributed by atoms with E-state index in [1.807, 2.05) is 41.5 Å². The molecule has 3 aromatic rings. The van der Waals surface area contributed by atoms with Crippen LogP contribution in [0, 0.1) is 0 Å². The minimum atomic E-state index is -0.552. The Balaban J connectivity index is 1.90. The average molecular weight is 661 g/mol. The van der Waals surface area contributed by atoms with Crippen LogP contribution in [0.3, 0.4) is 0 Å². The molecule has 0 saturated carbocycles. The Bertz CT molecular complexity index is 1640. The molecule has 256 valence electrons. The van der Waals surface area contributed by atoms with Crippen LogP contribution in [0.1, 0.15) is 79.0 Å². The van der Waals surface area contributed by atoms with Gasteiger partial charge in [-0.2, -0.15) is 0 Å². The number of anilines is 3. The van der Waals surface area contributed by atoms with Crippen LogP contribution >= 0.6 is 0 Å². The van der Waals surface area contributed by atoms with Crippen LogP contribution in [0.15, 0.2) is 67.3 Å². The SMILES string of the molecule is C=CCOC(=O)c1ccc(NC(=O)c2ccc(NC(=O)c3ccc(NC(=O)CN)c(OC(C)C)c3)c(OC(C)CC)c2)c(OC(C)C)c1. The molecule has 0 radical (unpaired) electrons. The first-order chi connectivity index (χ1) is 22.8. The number of nitrogens with two attached hydrogens (primary N) is 1. The van der Waals surface area contributed by atoms with E-state index in [4.69, 9.17) is 24.7 Å². The molecule has 0 fully saturated rings. The van der Waals surface area contributed by atoms with Crippen LogP contribution < -0.4 is 35.9 Å². The van der Waals surface area contributed by atoms with Gasteiger partial charge in [0.05, 0.1) is 47.5 Å². The lowest BCUT2D eigenvalue weighted by molar-refractivity contribution is -0.114. The first-order valence-corrected chi connectivity index (χ1v) is 15.7. The summed E-state index contributed by atoms with van der Waals surface area (Å²) in [6.07, 6.45) is 1.45. The first-order valence-electron chi connectivity index (χ1n) is 15.7. The lowest BCUT2D eigenvalue weighted by Crippen LogP contribution is -2.23. The van der Waals surface area contributed by atoms with Gasteiger partial charge < -0.3 is 40.6 Å². The maximum Gasteiger partial charge on any atom is 0.338 e. The largest absolute Gasteiger partial charge is 0.489 e.